The molecule has 1 saturated heterocycles. The van der Waals surface area contributed by atoms with Crippen LogP contribution in [0.4, 0.5) is 0 Å². The molecule has 3 rings (SSSR count). The molecule has 1 fully saturated rings. The lowest BCUT2D eigenvalue weighted by atomic mass is 10.1. The van der Waals surface area contributed by atoms with Gasteiger partial charge in [-0.15, -0.1) is 0 Å². The number of esters is 1. The molecule has 1 aromatic heterocycles. The van der Waals surface area contributed by atoms with Crippen molar-refractivity contribution < 1.29 is 19.1 Å². The van der Waals surface area contributed by atoms with Crippen LogP contribution in [-0.4, -0.2) is 72.7 Å². The van der Waals surface area contributed by atoms with E-state index in [-0.39, 0.29) is 18.6 Å². The predicted octanol–water partition coefficient (Wildman–Crippen LogP) is 2.78. The second-order valence-electron chi connectivity index (χ2n) is 7.82. The maximum atomic E-state index is 13.2. The molecule has 1 aromatic carbocycles. The highest BCUT2D eigenvalue weighted by Gasteiger charge is 2.31. The van der Waals surface area contributed by atoms with Gasteiger partial charge in [0.15, 0.2) is 0 Å². The van der Waals surface area contributed by atoms with Crippen LogP contribution in [0.1, 0.15) is 44.6 Å². The van der Waals surface area contributed by atoms with Crippen LogP contribution in [0.2, 0.25) is 0 Å². The third-order valence-corrected chi connectivity index (χ3v) is 5.60. The Balaban J connectivity index is 1.67. The van der Waals surface area contributed by atoms with Crippen molar-refractivity contribution >= 4 is 11.9 Å². The molecule has 162 valence electrons. The highest BCUT2D eigenvalue weighted by Crippen LogP contribution is 2.23. The number of nitrogens with one attached hydrogen (secondary N) is 1. The maximum absolute atomic E-state index is 13.2. The minimum atomic E-state index is -0.432. The van der Waals surface area contributed by atoms with Crippen LogP contribution in [0, 0.1) is 13.8 Å². The summed E-state index contributed by atoms with van der Waals surface area (Å²) >= 11 is 0. The van der Waals surface area contributed by atoms with E-state index in [9.17, 15) is 9.59 Å². The summed E-state index contributed by atoms with van der Waals surface area (Å²) in [5.41, 5.74) is 3.46. The number of rotatable bonds is 7. The zero-order valence-electron chi connectivity index (χ0n) is 18.2. The number of aromatic amines is 1. The molecule has 1 aliphatic rings. The quantitative estimate of drug-likeness (QED) is 0.558. The fraction of sp³-hybridized carbons (Fsp3) is 0.478. The van der Waals surface area contributed by atoms with Crippen LogP contribution in [0.5, 0.6) is 0 Å². The number of hydrogen-bond acceptors (Lipinski definition) is 5. The van der Waals surface area contributed by atoms with E-state index in [0.717, 1.165) is 19.6 Å². The Morgan fingerprint density at radius 2 is 1.87 bits per heavy atom. The van der Waals surface area contributed by atoms with Gasteiger partial charge in [0, 0.05) is 45.0 Å². The van der Waals surface area contributed by atoms with Crippen LogP contribution in [-0.2, 0) is 16.0 Å². The molecule has 7 heteroatoms. The van der Waals surface area contributed by atoms with Crippen molar-refractivity contribution in [1.29, 1.82) is 0 Å². The molecule has 1 atom stereocenters. The Morgan fingerprint density at radius 3 is 2.53 bits per heavy atom. The van der Waals surface area contributed by atoms with E-state index in [1.165, 1.54) is 5.56 Å². The van der Waals surface area contributed by atoms with Gasteiger partial charge in [-0.3, -0.25) is 9.69 Å². The highest BCUT2D eigenvalue weighted by molar-refractivity contribution is 6.00. The monoisotopic (exact) mass is 413 g/mol. The lowest BCUT2D eigenvalue weighted by molar-refractivity contribution is 0.0386. The third kappa shape index (κ3) is 4.91. The Bertz CT molecular complexity index is 878. The number of piperazine rings is 1. The van der Waals surface area contributed by atoms with Gasteiger partial charge in [0.1, 0.15) is 12.3 Å². The van der Waals surface area contributed by atoms with Crippen molar-refractivity contribution in [1.82, 2.24) is 14.8 Å². The highest BCUT2D eigenvalue weighted by atomic mass is 16.6. The van der Waals surface area contributed by atoms with Gasteiger partial charge in [0.05, 0.1) is 12.2 Å². The fourth-order valence-corrected chi connectivity index (χ4v) is 4.02. The second kappa shape index (κ2) is 9.91. The number of methoxy groups -OCH3 is 1. The van der Waals surface area contributed by atoms with Crippen LogP contribution < -0.4 is 0 Å². The Kier molecular flexibility index (Phi) is 7.29. The zero-order valence-corrected chi connectivity index (χ0v) is 18.2. The van der Waals surface area contributed by atoms with Gasteiger partial charge in [-0.2, -0.15) is 0 Å². The molecule has 30 heavy (non-hydrogen) atoms. The molecule has 1 aliphatic heterocycles. The predicted molar refractivity (Wildman–Crippen MR) is 115 cm³/mol. The van der Waals surface area contributed by atoms with Gasteiger partial charge < -0.3 is 19.4 Å². The first kappa shape index (κ1) is 22.1. The maximum Gasteiger partial charge on any atom is 0.340 e. The van der Waals surface area contributed by atoms with Crippen LogP contribution in [0.25, 0.3) is 0 Å². The number of nitrogens with zero attached hydrogens (tertiary/aromatic N) is 2. The molecule has 7 nitrogen and oxygen atoms in total. The van der Waals surface area contributed by atoms with E-state index in [0.29, 0.717) is 35.7 Å². The SMILES string of the molecule is COCCOC(=O)c1c(C)[nH]c(C(=O)N2CCN(Cc3ccccc3)CC2C)c1C. The van der Waals surface area contributed by atoms with Crippen molar-refractivity contribution in [2.75, 3.05) is 40.0 Å². The van der Waals surface area contributed by atoms with Crippen molar-refractivity contribution in [2.45, 2.75) is 33.4 Å². The van der Waals surface area contributed by atoms with Crippen molar-refractivity contribution in [3.05, 3.63) is 58.4 Å². The average molecular weight is 414 g/mol. The van der Waals surface area contributed by atoms with Gasteiger partial charge in [-0.1, -0.05) is 30.3 Å². The smallest absolute Gasteiger partial charge is 0.340 e. The van der Waals surface area contributed by atoms with Crippen molar-refractivity contribution in [3.8, 4) is 0 Å². The first-order valence-electron chi connectivity index (χ1n) is 10.3. The molecule has 0 bridgehead atoms. The van der Waals surface area contributed by atoms with Crippen molar-refractivity contribution in [2.24, 2.45) is 0 Å². The molecule has 2 aromatic rings. The van der Waals surface area contributed by atoms with Gasteiger partial charge in [0.2, 0.25) is 0 Å². The molecule has 2 heterocycles. The van der Waals surface area contributed by atoms with E-state index >= 15 is 0 Å². The summed E-state index contributed by atoms with van der Waals surface area (Å²) in [5, 5.41) is 0. The third-order valence-electron chi connectivity index (χ3n) is 5.60. The summed E-state index contributed by atoms with van der Waals surface area (Å²) in [4.78, 5) is 33.0. The van der Waals surface area contributed by atoms with Crippen molar-refractivity contribution in [3.63, 3.8) is 0 Å². The minimum Gasteiger partial charge on any atom is -0.460 e. The number of carbonyl (C=O) groups is 2. The number of hydrogen-bond donors (Lipinski definition) is 1. The molecular formula is C23H31N3O4. The Morgan fingerprint density at radius 1 is 1.13 bits per heavy atom. The summed E-state index contributed by atoms with van der Waals surface area (Å²) in [7, 11) is 1.55. The topological polar surface area (TPSA) is 74.9 Å². The number of H-pyrrole nitrogens is 1. The van der Waals surface area contributed by atoms with Gasteiger partial charge in [0.25, 0.3) is 5.91 Å². The van der Waals surface area contributed by atoms with Crippen LogP contribution in [0.15, 0.2) is 30.3 Å². The lowest BCUT2D eigenvalue weighted by Gasteiger charge is -2.39. The lowest BCUT2D eigenvalue weighted by Crippen LogP contribution is -2.53. The Hall–Kier alpha value is -2.64. The molecule has 0 aliphatic carbocycles. The minimum absolute atomic E-state index is 0.0709. The van der Waals surface area contributed by atoms with E-state index in [1.54, 1.807) is 21.0 Å². The fourth-order valence-electron chi connectivity index (χ4n) is 4.02. The number of carbonyl (C=O) groups excluding carboxylic acids is 2. The molecular weight excluding hydrogens is 382 g/mol. The largest absolute Gasteiger partial charge is 0.460 e. The first-order chi connectivity index (χ1) is 14.4. The number of amides is 1. The van der Waals surface area contributed by atoms with Gasteiger partial charge >= 0.3 is 5.97 Å². The average Bonchev–Trinajstić information content (AvgIpc) is 3.02. The second-order valence-corrected chi connectivity index (χ2v) is 7.82. The first-order valence-corrected chi connectivity index (χ1v) is 10.3. The standard InChI is InChI=1S/C23H31N3O4/c1-16-14-25(15-19-8-6-5-7-9-19)10-11-26(16)22(27)21-17(2)20(18(3)24-21)23(28)30-13-12-29-4/h5-9,16,24H,10-15H2,1-4H3. The van der Waals surface area contributed by atoms with E-state index in [1.807, 2.05) is 23.1 Å². The Labute approximate surface area is 178 Å². The normalized spacial score (nSPS) is 17.2. The number of aromatic nitrogens is 1. The molecule has 1 unspecified atom stereocenters. The van der Waals surface area contributed by atoms with E-state index in [2.05, 4.69) is 28.9 Å². The molecule has 1 amide bonds. The van der Waals surface area contributed by atoms with E-state index < -0.39 is 5.97 Å². The summed E-state index contributed by atoms with van der Waals surface area (Å²) < 4.78 is 10.2. The summed E-state index contributed by atoms with van der Waals surface area (Å²) in [6.45, 7) is 9.33. The van der Waals surface area contributed by atoms with E-state index in [4.69, 9.17) is 9.47 Å². The van der Waals surface area contributed by atoms with Gasteiger partial charge in [-0.05, 0) is 31.9 Å². The summed E-state index contributed by atoms with van der Waals surface area (Å²) in [6.07, 6.45) is 0. The zero-order chi connectivity index (χ0) is 21.7. The molecule has 0 saturated carbocycles. The van der Waals surface area contributed by atoms with Gasteiger partial charge in [-0.25, -0.2) is 4.79 Å². The van der Waals surface area contributed by atoms with Crippen LogP contribution >= 0.6 is 0 Å². The summed E-state index contributed by atoms with van der Waals surface area (Å²) in [5.74, 6) is -0.503. The van der Waals surface area contributed by atoms with Crippen LogP contribution in [0.3, 0.4) is 0 Å². The number of benzene rings is 1. The summed E-state index contributed by atoms with van der Waals surface area (Å²) in [6, 6.07) is 10.4. The molecule has 1 N–H and O–H groups in total. The number of ether oxygens (including phenoxy) is 2. The molecule has 0 radical (unpaired) electrons. The number of aryl methyl sites for hydroxylation is 1. The molecule has 0 spiro atoms.